The first kappa shape index (κ1) is 11.7. The molecule has 2 heteroatoms. The Hall–Kier alpha value is -0.340. The van der Waals surface area contributed by atoms with Crippen LogP contribution in [0.15, 0.2) is 28.7 Å². The Bertz CT molecular complexity index is 395. The summed E-state index contributed by atoms with van der Waals surface area (Å²) in [5.41, 5.74) is 8.47. The zero-order valence-corrected chi connectivity index (χ0v) is 11.8. The average molecular weight is 294 g/mol. The molecule has 92 valence electrons. The van der Waals surface area contributed by atoms with Crippen LogP contribution in [0.25, 0.3) is 0 Å². The van der Waals surface area contributed by atoms with Crippen molar-refractivity contribution < 1.29 is 0 Å². The van der Waals surface area contributed by atoms with Gasteiger partial charge >= 0.3 is 0 Å². The van der Waals surface area contributed by atoms with E-state index in [4.69, 9.17) is 5.73 Å². The highest BCUT2D eigenvalue weighted by atomic mass is 79.9. The highest BCUT2D eigenvalue weighted by molar-refractivity contribution is 9.10. The molecule has 0 heterocycles. The number of nitrogens with two attached hydrogens (primary N) is 1. The van der Waals surface area contributed by atoms with Gasteiger partial charge in [-0.25, -0.2) is 0 Å². The molecular weight excluding hydrogens is 274 g/mol. The minimum absolute atomic E-state index is 0.283. The summed E-state index contributed by atoms with van der Waals surface area (Å²) in [6.07, 6.45) is 8.37. The van der Waals surface area contributed by atoms with Gasteiger partial charge < -0.3 is 5.73 Å². The fraction of sp³-hybridized carbons (Fsp3) is 0.600. The van der Waals surface area contributed by atoms with Crippen molar-refractivity contribution in [2.24, 2.45) is 11.1 Å². The third-order valence-corrected chi connectivity index (χ3v) is 5.47. The fourth-order valence-corrected chi connectivity index (χ4v) is 4.40. The molecule has 2 aliphatic rings. The third-order valence-electron chi connectivity index (χ3n) is 4.94. The molecule has 1 aromatic carbocycles. The molecule has 2 N–H and O–H groups in total. The van der Waals surface area contributed by atoms with Gasteiger partial charge in [-0.05, 0) is 48.8 Å². The molecule has 2 saturated carbocycles. The van der Waals surface area contributed by atoms with Crippen LogP contribution in [-0.2, 0) is 5.41 Å². The molecule has 0 amide bonds. The molecule has 0 aliphatic heterocycles. The predicted octanol–water partition coefficient (Wildman–Crippen LogP) is 4.00. The summed E-state index contributed by atoms with van der Waals surface area (Å²) in [7, 11) is 0. The number of hydrogen-bond acceptors (Lipinski definition) is 1. The molecule has 1 nitrogen and oxygen atoms in total. The first-order valence-electron chi connectivity index (χ1n) is 6.64. The Labute approximate surface area is 112 Å². The summed E-state index contributed by atoms with van der Waals surface area (Å²) < 4.78 is 1.16. The van der Waals surface area contributed by atoms with E-state index in [2.05, 4.69) is 40.2 Å². The Morgan fingerprint density at radius 1 is 1.06 bits per heavy atom. The summed E-state index contributed by atoms with van der Waals surface area (Å²) in [5, 5.41) is 0. The number of benzene rings is 1. The lowest BCUT2D eigenvalue weighted by Gasteiger charge is -2.55. The Morgan fingerprint density at radius 3 is 2.18 bits per heavy atom. The standard InChI is InChI=1S/C15H20BrN/c16-13-5-3-12(4-6-13)15(11-17)9-14(10-15)7-1-2-8-14/h3-6H,1-2,7-11,17H2. The Morgan fingerprint density at radius 2 is 1.65 bits per heavy atom. The van der Waals surface area contributed by atoms with Crippen LogP contribution in [0.3, 0.4) is 0 Å². The summed E-state index contributed by atoms with van der Waals surface area (Å²) in [6.45, 7) is 0.802. The van der Waals surface area contributed by atoms with E-state index in [1.54, 1.807) is 0 Å². The second kappa shape index (κ2) is 4.10. The molecule has 0 aromatic heterocycles. The van der Waals surface area contributed by atoms with Crippen LogP contribution in [0, 0.1) is 5.41 Å². The van der Waals surface area contributed by atoms with E-state index in [0.29, 0.717) is 5.41 Å². The Kier molecular flexibility index (Phi) is 2.83. The van der Waals surface area contributed by atoms with E-state index in [0.717, 1.165) is 11.0 Å². The lowest BCUT2D eigenvalue weighted by atomic mass is 9.50. The molecule has 17 heavy (non-hydrogen) atoms. The molecule has 0 unspecified atom stereocenters. The van der Waals surface area contributed by atoms with Crippen LogP contribution in [0.1, 0.15) is 44.1 Å². The normalized spacial score (nSPS) is 24.8. The van der Waals surface area contributed by atoms with Gasteiger partial charge in [0.05, 0.1) is 0 Å². The first-order valence-corrected chi connectivity index (χ1v) is 7.44. The van der Waals surface area contributed by atoms with Crippen LogP contribution >= 0.6 is 15.9 Å². The quantitative estimate of drug-likeness (QED) is 0.876. The van der Waals surface area contributed by atoms with Crippen LogP contribution < -0.4 is 5.73 Å². The van der Waals surface area contributed by atoms with E-state index in [-0.39, 0.29) is 5.41 Å². The first-order chi connectivity index (χ1) is 8.18. The lowest BCUT2D eigenvalue weighted by molar-refractivity contribution is 0.0329. The molecule has 1 aromatic rings. The van der Waals surface area contributed by atoms with E-state index in [1.165, 1.54) is 44.1 Å². The molecule has 0 atom stereocenters. The molecule has 0 saturated heterocycles. The summed E-state index contributed by atoms with van der Waals surface area (Å²) in [4.78, 5) is 0. The minimum Gasteiger partial charge on any atom is -0.330 e. The van der Waals surface area contributed by atoms with Gasteiger partial charge in [-0.2, -0.15) is 0 Å². The molecule has 2 aliphatic carbocycles. The highest BCUT2D eigenvalue weighted by Crippen LogP contribution is 2.62. The zero-order valence-electron chi connectivity index (χ0n) is 10.2. The van der Waals surface area contributed by atoms with Crippen molar-refractivity contribution in [2.75, 3.05) is 6.54 Å². The van der Waals surface area contributed by atoms with Crippen molar-refractivity contribution in [1.29, 1.82) is 0 Å². The van der Waals surface area contributed by atoms with Crippen molar-refractivity contribution in [3.05, 3.63) is 34.3 Å². The van der Waals surface area contributed by atoms with Crippen molar-refractivity contribution in [2.45, 2.75) is 43.9 Å². The topological polar surface area (TPSA) is 26.0 Å². The van der Waals surface area contributed by atoms with Gasteiger partial charge in [-0.1, -0.05) is 40.9 Å². The van der Waals surface area contributed by atoms with Crippen molar-refractivity contribution >= 4 is 15.9 Å². The molecule has 2 fully saturated rings. The van der Waals surface area contributed by atoms with E-state index >= 15 is 0 Å². The van der Waals surface area contributed by atoms with Crippen LogP contribution in [0.5, 0.6) is 0 Å². The molecular formula is C15H20BrN. The van der Waals surface area contributed by atoms with Gasteiger partial charge in [0.1, 0.15) is 0 Å². The van der Waals surface area contributed by atoms with E-state index in [9.17, 15) is 0 Å². The summed E-state index contributed by atoms with van der Waals surface area (Å²) in [6, 6.07) is 8.79. The Balaban J connectivity index is 1.83. The second-order valence-corrected chi connectivity index (χ2v) is 6.97. The predicted molar refractivity (Wildman–Crippen MR) is 75.0 cm³/mol. The van der Waals surface area contributed by atoms with Crippen LogP contribution in [0.2, 0.25) is 0 Å². The average Bonchev–Trinajstić information content (AvgIpc) is 2.76. The summed E-state index contributed by atoms with van der Waals surface area (Å²) >= 11 is 3.50. The third kappa shape index (κ3) is 1.86. The van der Waals surface area contributed by atoms with Gasteiger partial charge in [-0.15, -0.1) is 0 Å². The minimum atomic E-state index is 0.283. The molecule has 0 radical (unpaired) electrons. The van der Waals surface area contributed by atoms with Gasteiger partial charge in [0.15, 0.2) is 0 Å². The van der Waals surface area contributed by atoms with Crippen molar-refractivity contribution in [3.63, 3.8) is 0 Å². The monoisotopic (exact) mass is 293 g/mol. The maximum absolute atomic E-state index is 6.08. The van der Waals surface area contributed by atoms with E-state index in [1.807, 2.05) is 0 Å². The highest BCUT2D eigenvalue weighted by Gasteiger charge is 2.54. The van der Waals surface area contributed by atoms with Crippen molar-refractivity contribution in [1.82, 2.24) is 0 Å². The molecule has 3 rings (SSSR count). The van der Waals surface area contributed by atoms with Gasteiger partial charge in [0.25, 0.3) is 0 Å². The number of hydrogen-bond donors (Lipinski definition) is 1. The summed E-state index contributed by atoms with van der Waals surface area (Å²) in [5.74, 6) is 0. The number of halogens is 1. The smallest absolute Gasteiger partial charge is 0.0175 e. The van der Waals surface area contributed by atoms with Crippen LogP contribution in [0.4, 0.5) is 0 Å². The molecule has 0 bridgehead atoms. The van der Waals surface area contributed by atoms with Crippen molar-refractivity contribution in [3.8, 4) is 0 Å². The van der Waals surface area contributed by atoms with Gasteiger partial charge in [0.2, 0.25) is 0 Å². The number of rotatable bonds is 2. The van der Waals surface area contributed by atoms with Gasteiger partial charge in [-0.3, -0.25) is 0 Å². The van der Waals surface area contributed by atoms with Gasteiger partial charge in [0, 0.05) is 16.4 Å². The second-order valence-electron chi connectivity index (χ2n) is 6.05. The maximum atomic E-state index is 6.08. The van der Waals surface area contributed by atoms with E-state index < -0.39 is 0 Å². The fourth-order valence-electron chi connectivity index (χ4n) is 4.13. The largest absolute Gasteiger partial charge is 0.330 e. The molecule has 1 spiro atoms. The zero-order chi connectivity index (χ0) is 11.9. The maximum Gasteiger partial charge on any atom is 0.0175 e. The SMILES string of the molecule is NCC1(c2ccc(Br)cc2)CC2(CCCC2)C1. The lowest BCUT2D eigenvalue weighted by Crippen LogP contribution is -2.52. The van der Waals surface area contributed by atoms with Crippen LogP contribution in [-0.4, -0.2) is 6.54 Å².